The minimum Gasteiger partial charge on any atom is -0.496 e. The molecule has 7 aromatic rings. The minimum atomic E-state index is -1.38. The molecule has 4 heterocycles. The number of hydrogen-bond acceptors (Lipinski definition) is 12. The van der Waals surface area contributed by atoms with Crippen LogP contribution in [0.1, 0.15) is 16.8 Å². The molecule has 0 unspecified atom stereocenters. The number of rotatable bonds is 16. The predicted molar refractivity (Wildman–Crippen MR) is 245 cm³/mol. The van der Waals surface area contributed by atoms with Crippen LogP contribution in [-0.4, -0.2) is 100 Å². The van der Waals surface area contributed by atoms with Crippen LogP contribution >= 0.6 is 35.3 Å². The summed E-state index contributed by atoms with van der Waals surface area (Å²) in [7, 11) is 3.72. The number of likely N-dealkylation sites (N-methyl/N-ethyl adjacent to an activating group) is 1. The molecule has 63 heavy (non-hydrogen) atoms. The average Bonchev–Trinajstić information content (AvgIpc) is 3.68. The number of para-hydroxylation sites is 2. The van der Waals surface area contributed by atoms with E-state index in [9.17, 15) is 14.3 Å². The minimum absolute atomic E-state index is 0. The summed E-state index contributed by atoms with van der Waals surface area (Å²) in [5.74, 6) is 0.665. The van der Waals surface area contributed by atoms with E-state index in [1.807, 2.05) is 55.5 Å². The molecular weight excluding hydrogens is 867 g/mol. The second kappa shape index (κ2) is 20.5. The van der Waals surface area contributed by atoms with E-state index < -0.39 is 12.1 Å². The first-order chi connectivity index (χ1) is 30.2. The normalized spacial score (nSPS) is 13.6. The van der Waals surface area contributed by atoms with Crippen molar-refractivity contribution in [3.63, 3.8) is 0 Å². The summed E-state index contributed by atoms with van der Waals surface area (Å²) >= 11 is 8.42. The van der Waals surface area contributed by atoms with Crippen LogP contribution in [0, 0.1) is 12.7 Å². The highest BCUT2D eigenvalue weighted by Gasteiger charge is 2.28. The van der Waals surface area contributed by atoms with Crippen molar-refractivity contribution in [2.45, 2.75) is 26.1 Å². The number of benzene rings is 4. The molecule has 3 aromatic heterocycles. The number of aliphatic carboxylic acids is 1. The van der Waals surface area contributed by atoms with Crippen molar-refractivity contribution in [2.75, 3.05) is 53.5 Å². The Bertz CT molecular complexity index is 2700. The number of carbonyl (C=O) groups is 1. The molecule has 0 saturated carbocycles. The van der Waals surface area contributed by atoms with Gasteiger partial charge in [-0.3, -0.25) is 4.90 Å². The van der Waals surface area contributed by atoms with E-state index in [-0.39, 0.29) is 37.1 Å². The first-order valence-corrected chi connectivity index (χ1v) is 21.3. The molecule has 326 valence electrons. The van der Waals surface area contributed by atoms with Crippen LogP contribution in [0.15, 0.2) is 104 Å². The molecule has 16 heteroatoms. The SMILES string of the molecule is COc1ccccc1-c1nccc(COc2ccccc2C[C@@H](Oc2ncnc3sc(-c4ccc(F)cc4)c(-c4ccc(OCCN5CCN(C)CC5)c(Cl)c4C)c23)C(=O)O)n1.Cl. The van der Waals surface area contributed by atoms with E-state index in [2.05, 4.69) is 31.8 Å². The van der Waals surface area contributed by atoms with Crippen molar-refractivity contribution < 1.29 is 33.2 Å². The van der Waals surface area contributed by atoms with E-state index >= 15 is 0 Å². The molecule has 0 spiro atoms. The maximum Gasteiger partial charge on any atom is 0.345 e. The van der Waals surface area contributed by atoms with Gasteiger partial charge in [-0.15, -0.1) is 23.7 Å². The quantitative estimate of drug-likeness (QED) is 0.0992. The van der Waals surface area contributed by atoms with Crippen molar-refractivity contribution in [1.82, 2.24) is 29.7 Å². The van der Waals surface area contributed by atoms with Crippen LogP contribution in [0.25, 0.3) is 43.2 Å². The molecule has 0 aliphatic carbocycles. The first kappa shape index (κ1) is 45.1. The monoisotopic (exact) mass is 910 g/mol. The van der Waals surface area contributed by atoms with Crippen LogP contribution in [0.4, 0.5) is 4.39 Å². The Kier molecular flexibility index (Phi) is 14.7. The van der Waals surface area contributed by atoms with Crippen LogP contribution < -0.4 is 18.9 Å². The van der Waals surface area contributed by atoms with E-state index in [0.29, 0.717) is 61.7 Å². The Morgan fingerprint density at radius 2 is 1.63 bits per heavy atom. The molecule has 4 aromatic carbocycles. The van der Waals surface area contributed by atoms with Crippen LogP contribution in [0.5, 0.6) is 23.1 Å². The van der Waals surface area contributed by atoms with Gasteiger partial charge in [0.25, 0.3) is 0 Å². The number of aromatic nitrogens is 4. The van der Waals surface area contributed by atoms with Crippen molar-refractivity contribution in [3.8, 4) is 56.1 Å². The third kappa shape index (κ3) is 10.3. The summed E-state index contributed by atoms with van der Waals surface area (Å²) in [4.78, 5) is 37.2. The maximum atomic E-state index is 14.2. The van der Waals surface area contributed by atoms with Crippen molar-refractivity contribution in [2.24, 2.45) is 0 Å². The van der Waals surface area contributed by atoms with Crippen molar-refractivity contribution in [1.29, 1.82) is 0 Å². The summed E-state index contributed by atoms with van der Waals surface area (Å²) < 4.78 is 38.6. The number of piperazine rings is 1. The van der Waals surface area contributed by atoms with Gasteiger partial charge in [0.2, 0.25) is 12.0 Å². The molecule has 1 saturated heterocycles. The Labute approximate surface area is 379 Å². The highest BCUT2D eigenvalue weighted by Crippen LogP contribution is 2.49. The summed E-state index contributed by atoms with van der Waals surface area (Å²) in [6.45, 7) is 7.26. The third-order valence-corrected chi connectivity index (χ3v) is 12.4. The molecule has 0 radical (unpaired) electrons. The number of fused-ring (bicyclic) bond motifs is 1. The summed E-state index contributed by atoms with van der Waals surface area (Å²) in [6, 6.07) is 26.4. The zero-order valence-corrected chi connectivity index (χ0v) is 37.2. The first-order valence-electron chi connectivity index (χ1n) is 20.1. The lowest BCUT2D eigenvalue weighted by atomic mass is 9.96. The van der Waals surface area contributed by atoms with Crippen LogP contribution in [0.3, 0.4) is 0 Å². The van der Waals surface area contributed by atoms with Gasteiger partial charge in [0.05, 0.1) is 28.8 Å². The summed E-state index contributed by atoms with van der Waals surface area (Å²) in [6.07, 6.45) is 1.57. The standard InChI is InChI=1S/C47H44ClFN6O6S.ClH/c1-29-34(16-17-38(42(29)48)59-25-24-55-22-20-54(2)21-23-55)40-41-45(51-28-52-46(41)62-43(40)30-12-14-32(49)15-13-30)61-39(47(56)57)26-31-8-4-6-10-36(31)60-27-33-18-19-50-44(53-33)35-9-5-7-11-37(35)58-3;/h4-19,28,39H,20-27H2,1-3H3,(H,56,57);1H/t39-;/m1./s1. The van der Waals surface area contributed by atoms with Gasteiger partial charge in [-0.05, 0) is 78.7 Å². The third-order valence-electron chi connectivity index (χ3n) is 10.8. The van der Waals surface area contributed by atoms with Gasteiger partial charge >= 0.3 is 5.97 Å². The Hall–Kier alpha value is -5.90. The number of halogens is 3. The molecule has 0 bridgehead atoms. The number of ether oxygens (including phenoxy) is 4. The van der Waals surface area contributed by atoms with Gasteiger partial charge in [-0.1, -0.05) is 60.1 Å². The summed E-state index contributed by atoms with van der Waals surface area (Å²) in [5, 5.41) is 11.6. The van der Waals surface area contributed by atoms with E-state index in [4.69, 9.17) is 35.5 Å². The molecule has 1 aliphatic heterocycles. The Balaban J connectivity index is 0.00000595. The number of nitrogens with zero attached hydrogens (tertiary/aromatic N) is 6. The van der Waals surface area contributed by atoms with Gasteiger partial charge in [0.1, 0.15) is 47.4 Å². The maximum absolute atomic E-state index is 14.2. The van der Waals surface area contributed by atoms with E-state index in [1.165, 1.54) is 29.8 Å². The number of thiophene rings is 1. The molecule has 1 aliphatic rings. The van der Waals surface area contributed by atoms with Gasteiger partial charge in [-0.2, -0.15) is 0 Å². The fourth-order valence-corrected chi connectivity index (χ4v) is 8.74. The zero-order valence-electron chi connectivity index (χ0n) is 34.8. The highest BCUT2D eigenvalue weighted by atomic mass is 35.5. The molecule has 12 nitrogen and oxygen atoms in total. The molecule has 1 fully saturated rings. The molecular formula is C47H45Cl2FN6O6S. The van der Waals surface area contributed by atoms with E-state index in [0.717, 1.165) is 59.9 Å². The number of carboxylic acids is 1. The number of carboxylic acid groups (broad SMARTS) is 1. The Morgan fingerprint density at radius 3 is 2.40 bits per heavy atom. The topological polar surface area (TPSA) is 132 Å². The van der Waals surface area contributed by atoms with Gasteiger partial charge in [-0.25, -0.2) is 29.1 Å². The van der Waals surface area contributed by atoms with Gasteiger partial charge in [0.15, 0.2) is 5.82 Å². The van der Waals surface area contributed by atoms with Crippen LogP contribution in [0.2, 0.25) is 5.02 Å². The largest absolute Gasteiger partial charge is 0.496 e. The van der Waals surface area contributed by atoms with Crippen LogP contribution in [-0.2, 0) is 17.8 Å². The fourth-order valence-electron chi connectivity index (χ4n) is 7.37. The van der Waals surface area contributed by atoms with Gasteiger partial charge in [0, 0.05) is 55.8 Å². The van der Waals surface area contributed by atoms with E-state index in [1.54, 1.807) is 43.6 Å². The second-order valence-electron chi connectivity index (χ2n) is 14.8. The molecule has 0 amide bonds. The number of hydrogen-bond donors (Lipinski definition) is 1. The smallest absolute Gasteiger partial charge is 0.345 e. The lowest BCUT2D eigenvalue weighted by Gasteiger charge is -2.32. The lowest BCUT2D eigenvalue weighted by molar-refractivity contribution is -0.145. The second-order valence-corrected chi connectivity index (χ2v) is 16.2. The lowest BCUT2D eigenvalue weighted by Crippen LogP contribution is -2.45. The number of methoxy groups -OCH3 is 1. The average molecular weight is 912 g/mol. The molecule has 1 N–H and O–H groups in total. The highest BCUT2D eigenvalue weighted by molar-refractivity contribution is 7.22. The summed E-state index contributed by atoms with van der Waals surface area (Å²) in [5.41, 5.74) is 4.86. The Morgan fingerprint density at radius 1 is 0.889 bits per heavy atom. The molecule has 1 atom stereocenters. The molecule has 8 rings (SSSR count). The van der Waals surface area contributed by atoms with Crippen molar-refractivity contribution in [3.05, 3.63) is 131 Å². The van der Waals surface area contributed by atoms with Gasteiger partial charge < -0.3 is 29.0 Å². The predicted octanol–water partition coefficient (Wildman–Crippen LogP) is 9.29. The van der Waals surface area contributed by atoms with Crippen molar-refractivity contribution >= 4 is 51.5 Å². The fraction of sp³-hybridized carbons (Fsp3) is 0.255. The zero-order chi connectivity index (χ0) is 43.2.